The predicted octanol–water partition coefficient (Wildman–Crippen LogP) is 4.45. The van der Waals surface area contributed by atoms with Crippen LogP contribution in [0, 0.1) is 0 Å². The van der Waals surface area contributed by atoms with Crippen molar-refractivity contribution in [3.05, 3.63) is 48.0 Å². The van der Waals surface area contributed by atoms with E-state index in [4.69, 9.17) is 0 Å². The molecule has 1 unspecified atom stereocenters. The molecule has 20 heavy (non-hydrogen) atoms. The molecule has 0 fully saturated rings. The number of H-pyrrole nitrogens is 1. The fourth-order valence-electron chi connectivity index (χ4n) is 2.37. The van der Waals surface area contributed by atoms with Crippen molar-refractivity contribution >= 4 is 11.0 Å². The molecular formula is C17H18N2O. The smallest absolute Gasteiger partial charge is 0.142 e. The maximum atomic E-state index is 10.1. The predicted molar refractivity (Wildman–Crippen MR) is 81.9 cm³/mol. The fourth-order valence-corrected chi connectivity index (χ4v) is 2.37. The SMILES string of the molecule is CCC(C)c1ccc(O)c(-c2nc3ccccc3[nH]2)c1. The number of aromatic nitrogens is 2. The molecule has 0 aliphatic carbocycles. The van der Waals surface area contributed by atoms with Crippen LogP contribution in [0.2, 0.25) is 0 Å². The summed E-state index contributed by atoms with van der Waals surface area (Å²) >= 11 is 0. The number of nitrogens with zero attached hydrogens (tertiary/aromatic N) is 1. The average molecular weight is 266 g/mol. The quantitative estimate of drug-likeness (QED) is 0.735. The Morgan fingerprint density at radius 2 is 2.00 bits per heavy atom. The van der Waals surface area contributed by atoms with Crippen molar-refractivity contribution in [3.8, 4) is 17.1 Å². The molecule has 0 bridgehead atoms. The number of para-hydroxylation sites is 2. The van der Waals surface area contributed by atoms with E-state index in [1.807, 2.05) is 36.4 Å². The minimum atomic E-state index is 0.260. The van der Waals surface area contributed by atoms with Crippen LogP contribution in [0.5, 0.6) is 5.75 Å². The van der Waals surface area contributed by atoms with E-state index in [2.05, 4.69) is 23.8 Å². The van der Waals surface area contributed by atoms with Crippen molar-refractivity contribution in [1.82, 2.24) is 9.97 Å². The van der Waals surface area contributed by atoms with Crippen LogP contribution in [0.3, 0.4) is 0 Å². The number of phenols is 1. The zero-order valence-corrected chi connectivity index (χ0v) is 11.7. The Hall–Kier alpha value is -2.29. The van der Waals surface area contributed by atoms with Crippen LogP contribution >= 0.6 is 0 Å². The van der Waals surface area contributed by atoms with Gasteiger partial charge in [0.2, 0.25) is 0 Å². The van der Waals surface area contributed by atoms with Gasteiger partial charge in [0.25, 0.3) is 0 Å². The number of hydrogen-bond donors (Lipinski definition) is 2. The summed E-state index contributed by atoms with van der Waals surface area (Å²) in [5.74, 6) is 1.45. The molecule has 3 heteroatoms. The topological polar surface area (TPSA) is 48.9 Å². The molecule has 0 amide bonds. The third-order valence-electron chi connectivity index (χ3n) is 3.85. The molecular weight excluding hydrogens is 248 g/mol. The molecule has 0 aliphatic heterocycles. The highest BCUT2D eigenvalue weighted by molar-refractivity contribution is 5.80. The van der Waals surface area contributed by atoms with Crippen molar-refractivity contribution < 1.29 is 5.11 Å². The number of nitrogens with one attached hydrogen (secondary N) is 1. The number of rotatable bonds is 3. The molecule has 0 radical (unpaired) electrons. The monoisotopic (exact) mass is 266 g/mol. The van der Waals surface area contributed by atoms with E-state index in [0.29, 0.717) is 11.7 Å². The van der Waals surface area contributed by atoms with Crippen LogP contribution in [0.25, 0.3) is 22.4 Å². The Kier molecular flexibility index (Phi) is 3.18. The zero-order chi connectivity index (χ0) is 14.1. The molecule has 3 nitrogen and oxygen atoms in total. The average Bonchev–Trinajstić information content (AvgIpc) is 2.90. The van der Waals surface area contributed by atoms with E-state index in [9.17, 15) is 5.11 Å². The highest BCUT2D eigenvalue weighted by Gasteiger charge is 2.12. The van der Waals surface area contributed by atoms with Crippen molar-refractivity contribution in [3.63, 3.8) is 0 Å². The minimum Gasteiger partial charge on any atom is -0.507 e. The first-order valence-electron chi connectivity index (χ1n) is 6.97. The van der Waals surface area contributed by atoms with Gasteiger partial charge in [-0.25, -0.2) is 4.98 Å². The summed E-state index contributed by atoms with van der Waals surface area (Å²) in [6, 6.07) is 13.6. The van der Waals surface area contributed by atoms with Crippen molar-refractivity contribution in [2.24, 2.45) is 0 Å². The number of benzene rings is 2. The molecule has 1 atom stereocenters. The number of fused-ring (bicyclic) bond motifs is 1. The number of imidazole rings is 1. The second kappa shape index (κ2) is 5.00. The highest BCUT2D eigenvalue weighted by Crippen LogP contribution is 2.32. The Morgan fingerprint density at radius 3 is 2.75 bits per heavy atom. The van der Waals surface area contributed by atoms with Crippen LogP contribution in [-0.4, -0.2) is 15.1 Å². The van der Waals surface area contributed by atoms with Crippen molar-refractivity contribution in [2.75, 3.05) is 0 Å². The van der Waals surface area contributed by atoms with Gasteiger partial charge >= 0.3 is 0 Å². The lowest BCUT2D eigenvalue weighted by Crippen LogP contribution is -1.92. The van der Waals surface area contributed by atoms with E-state index in [1.54, 1.807) is 6.07 Å². The summed E-state index contributed by atoms with van der Waals surface area (Å²) in [7, 11) is 0. The molecule has 3 aromatic rings. The number of hydrogen-bond acceptors (Lipinski definition) is 2. The summed E-state index contributed by atoms with van der Waals surface area (Å²) in [6.45, 7) is 4.35. The first-order chi connectivity index (χ1) is 9.69. The fraction of sp³-hybridized carbons (Fsp3) is 0.235. The Labute approximate surface area is 118 Å². The van der Waals surface area contributed by atoms with Gasteiger partial charge in [-0.05, 0) is 42.2 Å². The van der Waals surface area contributed by atoms with Crippen LogP contribution < -0.4 is 0 Å². The van der Waals surface area contributed by atoms with Gasteiger partial charge in [-0.3, -0.25) is 0 Å². The van der Waals surface area contributed by atoms with Gasteiger partial charge in [0.15, 0.2) is 0 Å². The maximum absolute atomic E-state index is 10.1. The lowest BCUT2D eigenvalue weighted by Gasteiger charge is -2.11. The maximum Gasteiger partial charge on any atom is 0.142 e. The van der Waals surface area contributed by atoms with Crippen LogP contribution in [0.1, 0.15) is 31.7 Å². The van der Waals surface area contributed by atoms with Gasteiger partial charge in [-0.2, -0.15) is 0 Å². The molecule has 102 valence electrons. The van der Waals surface area contributed by atoms with Gasteiger partial charge in [-0.1, -0.05) is 32.0 Å². The lowest BCUT2D eigenvalue weighted by atomic mass is 9.96. The third-order valence-corrected chi connectivity index (χ3v) is 3.85. The molecule has 1 aromatic heterocycles. The summed E-state index contributed by atoms with van der Waals surface area (Å²) in [5.41, 5.74) is 3.88. The number of aromatic hydroxyl groups is 1. The van der Waals surface area contributed by atoms with Crippen LogP contribution in [-0.2, 0) is 0 Å². The molecule has 0 spiro atoms. The second-order valence-corrected chi connectivity index (χ2v) is 5.19. The standard InChI is InChI=1S/C17H18N2O/c1-3-11(2)12-8-9-16(20)13(10-12)17-18-14-6-4-5-7-15(14)19-17/h4-11,20H,3H2,1-2H3,(H,18,19). The molecule has 2 N–H and O–H groups in total. The summed E-state index contributed by atoms with van der Waals surface area (Å²) in [4.78, 5) is 7.82. The third kappa shape index (κ3) is 2.16. The molecule has 0 aliphatic rings. The van der Waals surface area contributed by atoms with E-state index in [-0.39, 0.29) is 5.75 Å². The largest absolute Gasteiger partial charge is 0.507 e. The Morgan fingerprint density at radius 1 is 1.20 bits per heavy atom. The highest BCUT2D eigenvalue weighted by atomic mass is 16.3. The lowest BCUT2D eigenvalue weighted by molar-refractivity contribution is 0.476. The summed E-state index contributed by atoms with van der Waals surface area (Å²) in [5, 5.41) is 10.1. The Balaban J connectivity index is 2.12. The number of aromatic amines is 1. The molecule has 0 saturated heterocycles. The van der Waals surface area contributed by atoms with Gasteiger partial charge in [-0.15, -0.1) is 0 Å². The van der Waals surface area contributed by atoms with Crippen molar-refractivity contribution in [2.45, 2.75) is 26.2 Å². The van der Waals surface area contributed by atoms with Crippen LogP contribution in [0.15, 0.2) is 42.5 Å². The van der Waals surface area contributed by atoms with E-state index >= 15 is 0 Å². The van der Waals surface area contributed by atoms with Gasteiger partial charge in [0.1, 0.15) is 11.6 Å². The minimum absolute atomic E-state index is 0.260. The van der Waals surface area contributed by atoms with Crippen LogP contribution in [0.4, 0.5) is 0 Å². The first kappa shape index (κ1) is 12.7. The van der Waals surface area contributed by atoms with Gasteiger partial charge in [0.05, 0.1) is 16.6 Å². The first-order valence-corrected chi connectivity index (χ1v) is 6.97. The number of phenolic OH excluding ortho intramolecular Hbond substituents is 1. The molecule has 1 heterocycles. The molecule has 0 saturated carbocycles. The normalized spacial score (nSPS) is 12.7. The van der Waals surface area contributed by atoms with Gasteiger partial charge < -0.3 is 10.1 Å². The zero-order valence-electron chi connectivity index (χ0n) is 11.7. The van der Waals surface area contributed by atoms with Gasteiger partial charge in [0, 0.05) is 0 Å². The summed E-state index contributed by atoms with van der Waals surface area (Å²) < 4.78 is 0. The van der Waals surface area contributed by atoms with Crippen molar-refractivity contribution in [1.29, 1.82) is 0 Å². The summed E-state index contributed by atoms with van der Waals surface area (Å²) in [6.07, 6.45) is 1.07. The molecule has 3 rings (SSSR count). The van der Waals surface area contributed by atoms with E-state index < -0.39 is 0 Å². The Bertz CT molecular complexity index is 713. The molecule has 2 aromatic carbocycles. The second-order valence-electron chi connectivity index (χ2n) is 5.19. The van der Waals surface area contributed by atoms with E-state index in [0.717, 1.165) is 23.0 Å². The van der Waals surface area contributed by atoms with E-state index in [1.165, 1.54) is 5.56 Å².